The summed E-state index contributed by atoms with van der Waals surface area (Å²) in [5.74, 6) is 0. The van der Waals surface area contributed by atoms with Crippen molar-refractivity contribution in [1.82, 2.24) is 0 Å². The third kappa shape index (κ3) is 5.90. The summed E-state index contributed by atoms with van der Waals surface area (Å²) in [6, 6.07) is 51.2. The van der Waals surface area contributed by atoms with Crippen molar-refractivity contribution >= 4 is 35.5 Å². The van der Waals surface area contributed by atoms with Crippen molar-refractivity contribution in [3.05, 3.63) is 168 Å². The van der Waals surface area contributed by atoms with Crippen molar-refractivity contribution in [3.8, 4) is 0 Å². The molecule has 1 heteroatoms. The van der Waals surface area contributed by atoms with Crippen molar-refractivity contribution in [2.45, 2.75) is 13.8 Å². The van der Waals surface area contributed by atoms with Crippen LogP contribution >= 0.6 is 0 Å². The van der Waals surface area contributed by atoms with Gasteiger partial charge in [-0.2, -0.15) is 11.6 Å². The summed E-state index contributed by atoms with van der Waals surface area (Å²) in [5.41, 5.74) is 5.43. The molecule has 0 bridgehead atoms. The quantitative estimate of drug-likeness (QED) is 0.183. The Kier molecular flexibility index (Phi) is 8.37. The molecular formula is C37H30Zr. The molecule has 0 atom stereocenters. The molecule has 0 saturated heterocycles. The van der Waals surface area contributed by atoms with Gasteiger partial charge in [0, 0.05) is 0 Å². The number of aryl methyl sites for hydroxylation is 2. The molecule has 182 valence electrons. The van der Waals surface area contributed by atoms with Gasteiger partial charge in [-0.15, -0.1) is 68.7 Å². The molecule has 0 N–H and O–H groups in total. The zero-order valence-electron chi connectivity index (χ0n) is 21.9. The summed E-state index contributed by atoms with van der Waals surface area (Å²) in [5, 5.41) is 8.18. The van der Waals surface area contributed by atoms with E-state index in [4.69, 9.17) is 0 Å². The molecule has 0 fully saturated rings. The van der Waals surface area contributed by atoms with E-state index >= 15 is 0 Å². The first-order chi connectivity index (χ1) is 18.6. The Balaban J connectivity index is 0.000000117. The van der Waals surface area contributed by atoms with E-state index in [0.29, 0.717) is 0 Å². The monoisotopic (exact) mass is 564 g/mol. The average Bonchev–Trinajstić information content (AvgIpc) is 3.55. The van der Waals surface area contributed by atoms with Crippen molar-refractivity contribution in [3.63, 3.8) is 0 Å². The van der Waals surface area contributed by atoms with E-state index in [9.17, 15) is 0 Å². The van der Waals surface area contributed by atoms with E-state index in [2.05, 4.69) is 159 Å². The van der Waals surface area contributed by atoms with Crippen LogP contribution in [0.3, 0.4) is 0 Å². The molecular weight excluding hydrogens is 536 g/mol. The van der Waals surface area contributed by atoms with Gasteiger partial charge in [-0.3, -0.25) is 0 Å². The summed E-state index contributed by atoms with van der Waals surface area (Å²) in [4.78, 5) is 0. The molecule has 0 spiro atoms. The van der Waals surface area contributed by atoms with Crippen LogP contribution in [0.25, 0.3) is 32.3 Å². The summed E-state index contributed by atoms with van der Waals surface area (Å²) < 4.78 is 1.42. The van der Waals surface area contributed by atoms with Gasteiger partial charge in [0.25, 0.3) is 0 Å². The Bertz CT molecular complexity index is 1690. The molecule has 7 rings (SSSR count). The Morgan fingerprint density at radius 2 is 0.974 bits per heavy atom. The Morgan fingerprint density at radius 1 is 0.500 bits per heavy atom. The van der Waals surface area contributed by atoms with Crippen molar-refractivity contribution < 1.29 is 24.2 Å². The first-order valence-electron chi connectivity index (χ1n) is 13.0. The van der Waals surface area contributed by atoms with Gasteiger partial charge in [0.1, 0.15) is 0 Å². The number of benzene rings is 5. The minimum absolute atomic E-state index is 1.33. The summed E-state index contributed by atoms with van der Waals surface area (Å²) in [7, 11) is 0. The minimum Gasteiger partial charge on any atom is -0.126 e. The molecule has 0 saturated carbocycles. The van der Waals surface area contributed by atoms with Crippen LogP contribution in [0.15, 0.2) is 146 Å². The second-order valence-electron chi connectivity index (χ2n) is 9.48. The SMILES string of the molecule is Cc1cccc2[cH-]cc(C)c12.[Zr+2]=[C](c1ccccc1)c1ccccc1.c1ccc2c(c1)[cH-]c1ccccc12. The topological polar surface area (TPSA) is 0 Å². The predicted molar refractivity (Wildman–Crippen MR) is 162 cm³/mol. The molecule has 0 aliphatic rings. The standard InChI is InChI=1S/C13H9.C13H10.C11H11.Zr/c1-3-7-12-10(5-1)9-11-6-2-4-8-13(11)12;1-3-7-12(8-4-1)11-13-9-5-2-6-10-13;1-8-4-3-5-10-7-6-9(2)11(8)10;/h1-9H;1-10H;3-7H,1-2H3;/q-1;;-1;+2. The fourth-order valence-electron chi connectivity index (χ4n) is 4.95. The summed E-state index contributed by atoms with van der Waals surface area (Å²) in [6.45, 7) is 4.32. The normalized spacial score (nSPS) is 10.5. The largest absolute Gasteiger partial charge is 0.126 e. The number of hydrogen-bond acceptors (Lipinski definition) is 0. The molecule has 0 radical (unpaired) electrons. The van der Waals surface area contributed by atoms with E-state index in [-0.39, 0.29) is 0 Å². The van der Waals surface area contributed by atoms with Gasteiger partial charge in [0.15, 0.2) is 0 Å². The van der Waals surface area contributed by atoms with Crippen LogP contribution in [0, 0.1) is 13.8 Å². The molecule has 7 aromatic rings. The van der Waals surface area contributed by atoms with Crippen molar-refractivity contribution in [2.75, 3.05) is 0 Å². The van der Waals surface area contributed by atoms with Crippen molar-refractivity contribution in [2.24, 2.45) is 0 Å². The van der Waals surface area contributed by atoms with Crippen LogP contribution in [-0.2, 0) is 24.2 Å². The number of fused-ring (bicyclic) bond motifs is 4. The maximum Gasteiger partial charge on any atom is -0.0771 e. The van der Waals surface area contributed by atoms with Crippen LogP contribution in [-0.4, -0.2) is 3.21 Å². The van der Waals surface area contributed by atoms with Crippen LogP contribution < -0.4 is 0 Å². The molecule has 0 amide bonds. The van der Waals surface area contributed by atoms with E-state index in [0.717, 1.165) is 0 Å². The Morgan fingerprint density at radius 3 is 1.50 bits per heavy atom. The van der Waals surface area contributed by atoms with Gasteiger partial charge in [-0.25, -0.2) is 0 Å². The van der Waals surface area contributed by atoms with Gasteiger partial charge in [-0.05, 0) is 6.92 Å². The van der Waals surface area contributed by atoms with Gasteiger partial charge in [0.05, 0.1) is 0 Å². The van der Waals surface area contributed by atoms with E-state index in [1.807, 2.05) is 0 Å². The van der Waals surface area contributed by atoms with E-state index < -0.39 is 0 Å². The Labute approximate surface area is 240 Å². The molecule has 0 aliphatic carbocycles. The number of hydrogen-bond donors (Lipinski definition) is 0. The first kappa shape index (κ1) is 26.0. The van der Waals surface area contributed by atoms with Gasteiger partial charge < -0.3 is 0 Å². The van der Waals surface area contributed by atoms with Gasteiger partial charge in [-0.1, -0.05) is 55.0 Å². The summed E-state index contributed by atoms with van der Waals surface area (Å²) in [6.07, 6.45) is 0. The molecule has 0 nitrogen and oxygen atoms in total. The zero-order chi connectivity index (χ0) is 26.3. The third-order valence-electron chi connectivity index (χ3n) is 6.86. The third-order valence-corrected chi connectivity index (χ3v) is 8.28. The Hall–Kier alpha value is -3.67. The fourth-order valence-corrected chi connectivity index (χ4v) is 5.77. The van der Waals surface area contributed by atoms with Crippen LogP contribution in [0.4, 0.5) is 0 Å². The summed E-state index contributed by atoms with van der Waals surface area (Å²) >= 11 is 1.46. The molecule has 0 heterocycles. The second-order valence-corrected chi connectivity index (χ2v) is 10.7. The van der Waals surface area contributed by atoms with Crippen LogP contribution in [0.1, 0.15) is 22.3 Å². The van der Waals surface area contributed by atoms with Gasteiger partial charge >= 0.3 is 99.2 Å². The molecule has 0 aromatic heterocycles. The first-order valence-corrected chi connectivity index (χ1v) is 14.2. The van der Waals surface area contributed by atoms with Crippen LogP contribution in [0.5, 0.6) is 0 Å². The number of rotatable bonds is 2. The van der Waals surface area contributed by atoms with E-state index in [1.165, 1.54) is 82.0 Å². The maximum atomic E-state index is 2.24. The minimum atomic E-state index is 1.33. The average molecular weight is 566 g/mol. The zero-order valence-corrected chi connectivity index (χ0v) is 24.3. The molecule has 7 aromatic carbocycles. The van der Waals surface area contributed by atoms with Crippen molar-refractivity contribution in [1.29, 1.82) is 0 Å². The second kappa shape index (κ2) is 12.3. The van der Waals surface area contributed by atoms with E-state index in [1.54, 1.807) is 0 Å². The fraction of sp³-hybridized carbons (Fsp3) is 0.0541. The van der Waals surface area contributed by atoms with Gasteiger partial charge in [0.2, 0.25) is 0 Å². The molecule has 0 aliphatic heterocycles. The maximum absolute atomic E-state index is 2.24. The van der Waals surface area contributed by atoms with Crippen LogP contribution in [0.2, 0.25) is 0 Å². The molecule has 0 unspecified atom stereocenters. The predicted octanol–water partition coefficient (Wildman–Crippen LogP) is 9.69. The smallest absolute Gasteiger partial charge is 0.0771 e. The molecule has 38 heavy (non-hydrogen) atoms.